The summed E-state index contributed by atoms with van der Waals surface area (Å²) in [5.41, 5.74) is 2.48. The largest absolute Gasteiger partial charge is 0.461 e. The van der Waals surface area contributed by atoms with Crippen molar-refractivity contribution in [2.75, 3.05) is 25.1 Å². The van der Waals surface area contributed by atoms with Crippen molar-refractivity contribution in [1.29, 1.82) is 0 Å². The van der Waals surface area contributed by atoms with Crippen molar-refractivity contribution in [3.8, 4) is 11.8 Å². The number of hydrogen-bond donors (Lipinski definition) is 1. The zero-order valence-electron chi connectivity index (χ0n) is 21.4. The molecule has 0 bridgehead atoms. The number of halogens is 1. The number of hydrogen-bond acceptors (Lipinski definition) is 6. The van der Waals surface area contributed by atoms with Crippen LogP contribution in [0.1, 0.15) is 57.5 Å². The topological polar surface area (TPSA) is 74.6 Å². The van der Waals surface area contributed by atoms with Crippen LogP contribution in [0.15, 0.2) is 36.7 Å². The third-order valence-corrected chi connectivity index (χ3v) is 5.56. The van der Waals surface area contributed by atoms with Crippen LogP contribution in [0, 0.1) is 24.6 Å². The van der Waals surface area contributed by atoms with Crippen LogP contribution in [0.25, 0.3) is 10.9 Å². The Morgan fingerprint density at radius 2 is 2.14 bits per heavy atom. The number of pyridine rings is 1. The number of ether oxygens (including phenoxy) is 3. The zero-order chi connectivity index (χ0) is 25.9. The van der Waals surface area contributed by atoms with Gasteiger partial charge in [0.1, 0.15) is 12.4 Å². The van der Waals surface area contributed by atoms with Crippen molar-refractivity contribution in [2.24, 2.45) is 0 Å². The van der Waals surface area contributed by atoms with Crippen molar-refractivity contribution in [1.82, 2.24) is 9.55 Å². The van der Waals surface area contributed by atoms with Crippen molar-refractivity contribution in [3.05, 3.63) is 53.7 Å². The summed E-state index contributed by atoms with van der Waals surface area (Å²) in [7, 11) is 0. The monoisotopic (exact) mass is 497 g/mol. The van der Waals surface area contributed by atoms with E-state index in [-0.39, 0.29) is 38.9 Å². The number of anilines is 2. The summed E-state index contributed by atoms with van der Waals surface area (Å²) in [6.07, 6.45) is 6.08. The van der Waals surface area contributed by atoms with Crippen LogP contribution < -0.4 is 5.32 Å². The predicted molar refractivity (Wildman–Crippen MR) is 141 cm³/mol. The van der Waals surface area contributed by atoms with Gasteiger partial charge in [-0.25, -0.2) is 9.18 Å². The Bertz CT molecular complexity index is 1230. The molecule has 1 atom stereocenters. The second-order valence-corrected chi connectivity index (χ2v) is 7.99. The van der Waals surface area contributed by atoms with Crippen LogP contribution >= 0.6 is 0 Å². The highest BCUT2D eigenvalue weighted by Crippen LogP contribution is 2.34. The number of nitrogens with zero attached hydrogens (tertiary/aromatic N) is 2. The minimum atomic E-state index is -0.526. The molecule has 2 aromatic heterocycles. The number of nitrogens with one attached hydrogen (secondary N) is 1. The molecule has 194 valence electrons. The molecule has 0 spiro atoms. The number of aromatic nitrogens is 2. The molecule has 4 rings (SSSR count). The van der Waals surface area contributed by atoms with Gasteiger partial charge in [-0.2, -0.15) is 0 Å². The molecule has 0 amide bonds. The van der Waals surface area contributed by atoms with E-state index < -0.39 is 11.8 Å². The molecular weight excluding hydrogens is 461 g/mol. The molecule has 3 aromatic rings. The lowest BCUT2D eigenvalue weighted by atomic mass is 10.2. The number of esters is 1. The number of fused-ring (bicyclic) bond motifs is 1. The maximum absolute atomic E-state index is 14.6. The van der Waals surface area contributed by atoms with E-state index in [9.17, 15) is 9.18 Å². The SMILES string of the molecule is CC.CCOC(=O)c1c(Nc2ccc(C)cc2F)c2cnccc2n1CC#CCOC1CCCCO1.[HH]. The molecule has 7 nitrogen and oxygen atoms in total. The lowest BCUT2D eigenvalue weighted by Crippen LogP contribution is -2.22. The molecule has 0 aliphatic carbocycles. The maximum atomic E-state index is 14.6. The lowest BCUT2D eigenvalue weighted by Gasteiger charge is -2.21. The molecule has 1 fully saturated rings. The smallest absolute Gasteiger partial charge is 0.357 e. The highest BCUT2D eigenvalue weighted by Gasteiger charge is 2.24. The molecular formula is C28H36FN3O4. The molecule has 0 radical (unpaired) electrons. The molecule has 1 unspecified atom stereocenters. The molecule has 36 heavy (non-hydrogen) atoms. The average Bonchev–Trinajstić information content (AvgIpc) is 3.21. The van der Waals surface area contributed by atoms with Gasteiger partial charge in [0.25, 0.3) is 0 Å². The summed E-state index contributed by atoms with van der Waals surface area (Å²) in [5, 5.41) is 3.76. The van der Waals surface area contributed by atoms with E-state index >= 15 is 0 Å². The first-order valence-electron chi connectivity index (χ1n) is 12.4. The van der Waals surface area contributed by atoms with Crippen molar-refractivity contribution >= 4 is 28.2 Å². The van der Waals surface area contributed by atoms with E-state index in [1.54, 1.807) is 42.1 Å². The number of aryl methyl sites for hydroxylation is 1. The van der Waals surface area contributed by atoms with Crippen LogP contribution in [0.4, 0.5) is 15.8 Å². The predicted octanol–water partition coefficient (Wildman–Crippen LogP) is 6.22. The van der Waals surface area contributed by atoms with Crippen LogP contribution in [-0.4, -0.2) is 41.6 Å². The second-order valence-electron chi connectivity index (χ2n) is 7.99. The summed E-state index contributed by atoms with van der Waals surface area (Å²) in [5.74, 6) is 5.13. The van der Waals surface area contributed by atoms with E-state index in [1.807, 2.05) is 20.8 Å². The van der Waals surface area contributed by atoms with E-state index in [0.717, 1.165) is 30.3 Å². The fraction of sp³-hybridized carbons (Fsp3) is 0.429. The van der Waals surface area contributed by atoms with Gasteiger partial charge in [-0.05, 0) is 56.9 Å². The first kappa shape index (κ1) is 27.2. The Labute approximate surface area is 213 Å². The normalized spacial score (nSPS) is 14.9. The van der Waals surface area contributed by atoms with E-state index in [0.29, 0.717) is 17.7 Å². The van der Waals surface area contributed by atoms with Crippen LogP contribution in [-0.2, 0) is 20.8 Å². The molecule has 0 saturated carbocycles. The Kier molecular flexibility index (Phi) is 10.3. The molecule has 1 saturated heterocycles. The lowest BCUT2D eigenvalue weighted by molar-refractivity contribution is -0.154. The summed E-state index contributed by atoms with van der Waals surface area (Å²) < 4.78 is 32.9. The van der Waals surface area contributed by atoms with Gasteiger partial charge < -0.3 is 24.1 Å². The number of benzene rings is 1. The molecule has 1 aliphatic rings. The minimum Gasteiger partial charge on any atom is -0.461 e. The minimum absolute atomic E-state index is 0. The molecule has 3 heterocycles. The number of rotatable bonds is 7. The van der Waals surface area contributed by atoms with Gasteiger partial charge in [-0.1, -0.05) is 31.8 Å². The second kappa shape index (κ2) is 13.6. The van der Waals surface area contributed by atoms with Gasteiger partial charge in [0.05, 0.1) is 30.0 Å². The highest BCUT2D eigenvalue weighted by molar-refractivity contribution is 6.07. The fourth-order valence-electron chi connectivity index (χ4n) is 3.92. The van der Waals surface area contributed by atoms with Crippen molar-refractivity contribution in [2.45, 2.75) is 59.8 Å². The summed E-state index contributed by atoms with van der Waals surface area (Å²) in [4.78, 5) is 17.2. The number of carbonyl (C=O) groups is 1. The third-order valence-electron chi connectivity index (χ3n) is 5.56. The standard InChI is InChI=1S/C26H28FN3O4.C2H6.H2/c1-3-32-26(31)25-24(29-21-10-9-18(2)16-20(21)27)19-17-28-12-11-22(19)30(25)13-5-7-15-34-23-8-4-6-14-33-23;1-2;/h9-12,16-17,23,29H,3-4,6,8,13-15H2,1-2H3;1-2H3;1H. The van der Waals surface area contributed by atoms with Gasteiger partial charge in [0.15, 0.2) is 12.0 Å². The molecule has 8 heteroatoms. The zero-order valence-corrected chi connectivity index (χ0v) is 21.4. The van der Waals surface area contributed by atoms with Crippen LogP contribution in [0.5, 0.6) is 0 Å². The number of carbonyl (C=O) groups excluding carboxylic acids is 1. The summed E-state index contributed by atoms with van der Waals surface area (Å²) >= 11 is 0. The Hall–Kier alpha value is -3.41. The van der Waals surface area contributed by atoms with E-state index in [1.165, 1.54) is 6.07 Å². The van der Waals surface area contributed by atoms with Crippen molar-refractivity contribution in [3.63, 3.8) is 0 Å². The first-order valence-corrected chi connectivity index (χ1v) is 12.4. The third kappa shape index (κ3) is 6.62. The Morgan fingerprint density at radius 1 is 1.31 bits per heavy atom. The Morgan fingerprint density at radius 3 is 2.86 bits per heavy atom. The quantitative estimate of drug-likeness (QED) is 0.308. The Balaban J connectivity index is 0.00000157. The van der Waals surface area contributed by atoms with Crippen LogP contribution in [0.3, 0.4) is 0 Å². The molecule has 1 aromatic carbocycles. The maximum Gasteiger partial charge on any atom is 0.357 e. The van der Waals surface area contributed by atoms with E-state index in [2.05, 4.69) is 22.1 Å². The first-order chi connectivity index (χ1) is 17.6. The van der Waals surface area contributed by atoms with E-state index in [4.69, 9.17) is 14.2 Å². The van der Waals surface area contributed by atoms with Gasteiger partial charge in [-0.15, -0.1) is 0 Å². The van der Waals surface area contributed by atoms with Gasteiger partial charge >= 0.3 is 5.97 Å². The fourth-order valence-corrected chi connectivity index (χ4v) is 3.92. The average molecular weight is 498 g/mol. The highest BCUT2D eigenvalue weighted by atomic mass is 19.1. The van der Waals surface area contributed by atoms with Gasteiger partial charge in [0.2, 0.25) is 0 Å². The summed E-state index contributed by atoms with van der Waals surface area (Å²) in [6, 6.07) is 6.67. The molecule has 1 aliphatic heterocycles. The van der Waals surface area contributed by atoms with Crippen LogP contribution in [0.2, 0.25) is 0 Å². The molecule has 1 N–H and O–H groups in total. The van der Waals surface area contributed by atoms with Crippen molar-refractivity contribution < 1.29 is 24.8 Å². The van der Waals surface area contributed by atoms with Gasteiger partial charge in [-0.3, -0.25) is 4.98 Å². The van der Waals surface area contributed by atoms with Gasteiger partial charge in [0, 0.05) is 25.8 Å². The summed E-state index contributed by atoms with van der Waals surface area (Å²) in [6.45, 7) is 8.93.